The van der Waals surface area contributed by atoms with E-state index in [0.29, 0.717) is 6.42 Å². The lowest BCUT2D eigenvalue weighted by atomic mass is 9.45. The molecule has 0 amide bonds. The topological polar surface area (TPSA) is 57.9 Å². The molecule has 22 heavy (non-hydrogen) atoms. The van der Waals surface area contributed by atoms with Gasteiger partial charge in [0.2, 0.25) is 0 Å². The minimum atomic E-state index is -0.558. The predicted octanol–water partition coefficient (Wildman–Crippen LogP) is 3.76. The van der Waals surface area contributed by atoms with Crippen LogP contribution in [0.3, 0.4) is 0 Å². The maximum Gasteiger partial charge on any atom is 0.178 e. The number of nitriles is 1. The first-order chi connectivity index (χ1) is 10.1. The lowest BCUT2D eigenvalue weighted by molar-refractivity contribution is -0.130. The Balaban J connectivity index is 2.25. The van der Waals surface area contributed by atoms with Crippen molar-refractivity contribution in [1.82, 2.24) is 0 Å². The second kappa shape index (κ2) is 4.41. The highest BCUT2D eigenvalue weighted by Crippen LogP contribution is 2.63. The van der Waals surface area contributed by atoms with Crippen LogP contribution in [0.25, 0.3) is 0 Å². The van der Waals surface area contributed by atoms with Gasteiger partial charge >= 0.3 is 0 Å². The van der Waals surface area contributed by atoms with Crippen molar-refractivity contribution in [3.8, 4) is 6.07 Å². The number of Topliss-reactive ketones (excluding diaryl/α,β-unsaturated/α-hetero) is 1. The van der Waals surface area contributed by atoms with Crippen molar-refractivity contribution < 1.29 is 9.59 Å². The van der Waals surface area contributed by atoms with E-state index in [0.717, 1.165) is 24.8 Å². The van der Waals surface area contributed by atoms with E-state index in [1.165, 1.54) is 0 Å². The summed E-state index contributed by atoms with van der Waals surface area (Å²) in [4.78, 5) is 24.6. The molecule has 116 valence electrons. The molecule has 0 aromatic rings. The zero-order chi connectivity index (χ0) is 16.3. The molecule has 1 saturated carbocycles. The van der Waals surface area contributed by atoms with Gasteiger partial charge in [-0.3, -0.25) is 9.59 Å². The van der Waals surface area contributed by atoms with Gasteiger partial charge in [-0.05, 0) is 36.7 Å². The Morgan fingerprint density at radius 1 is 1.18 bits per heavy atom. The SMILES string of the molecule is CC12CCC(=O)C=C1C1(C)C=C(C#N)C(=O)C(C)(C)[C@@H]1CC2. The third kappa shape index (κ3) is 1.79. The van der Waals surface area contributed by atoms with E-state index in [9.17, 15) is 14.9 Å². The smallest absolute Gasteiger partial charge is 0.178 e. The summed E-state index contributed by atoms with van der Waals surface area (Å²) in [7, 11) is 0. The fourth-order valence-corrected chi connectivity index (χ4v) is 5.20. The van der Waals surface area contributed by atoms with Crippen LogP contribution in [0, 0.1) is 33.5 Å². The molecule has 0 aromatic heterocycles. The van der Waals surface area contributed by atoms with Gasteiger partial charge < -0.3 is 0 Å². The largest absolute Gasteiger partial charge is 0.295 e. The molecule has 2 unspecified atom stereocenters. The van der Waals surface area contributed by atoms with Gasteiger partial charge in [-0.15, -0.1) is 0 Å². The number of nitrogens with zero attached hydrogens (tertiary/aromatic N) is 1. The number of rotatable bonds is 0. The Morgan fingerprint density at radius 3 is 2.50 bits per heavy atom. The standard InChI is InChI=1S/C19H23NO2/c1-17(2)14-6-8-18(3)7-5-13(21)9-15(18)19(14,4)10-12(11-20)16(17)22/h9-10,14H,5-8H2,1-4H3/t14-,18?,19?/m0/s1. The molecule has 3 nitrogen and oxygen atoms in total. The first-order valence-corrected chi connectivity index (χ1v) is 8.08. The van der Waals surface area contributed by atoms with Gasteiger partial charge in [-0.1, -0.05) is 39.3 Å². The molecule has 1 fully saturated rings. The number of hydrogen-bond donors (Lipinski definition) is 0. The number of carbonyl (C=O) groups excluding carboxylic acids is 2. The Morgan fingerprint density at radius 2 is 1.86 bits per heavy atom. The quantitative estimate of drug-likeness (QED) is 0.684. The minimum absolute atomic E-state index is 0.0205. The summed E-state index contributed by atoms with van der Waals surface area (Å²) in [6, 6.07) is 2.09. The Bertz CT molecular complexity index is 676. The number of ketones is 2. The number of carbonyl (C=O) groups is 2. The zero-order valence-electron chi connectivity index (χ0n) is 13.8. The predicted molar refractivity (Wildman–Crippen MR) is 83.7 cm³/mol. The van der Waals surface area contributed by atoms with Crippen LogP contribution in [-0.4, -0.2) is 11.6 Å². The van der Waals surface area contributed by atoms with E-state index in [1.807, 2.05) is 26.0 Å². The second-order valence-electron chi connectivity index (χ2n) is 8.18. The average molecular weight is 297 g/mol. The number of allylic oxidation sites excluding steroid dienone is 4. The fraction of sp³-hybridized carbons (Fsp3) is 0.632. The van der Waals surface area contributed by atoms with Gasteiger partial charge in [-0.2, -0.15) is 5.26 Å². The van der Waals surface area contributed by atoms with Gasteiger partial charge in [0.1, 0.15) is 6.07 Å². The van der Waals surface area contributed by atoms with Crippen molar-refractivity contribution in [3.05, 3.63) is 23.3 Å². The molecule has 0 aromatic carbocycles. The summed E-state index contributed by atoms with van der Waals surface area (Å²) in [5, 5.41) is 9.39. The van der Waals surface area contributed by atoms with Crippen LogP contribution < -0.4 is 0 Å². The first kappa shape index (κ1) is 15.2. The molecule has 0 spiro atoms. The molecular weight excluding hydrogens is 274 g/mol. The van der Waals surface area contributed by atoms with Crippen molar-refractivity contribution >= 4 is 11.6 Å². The molecule has 0 N–H and O–H groups in total. The van der Waals surface area contributed by atoms with E-state index >= 15 is 0 Å². The van der Waals surface area contributed by atoms with E-state index in [-0.39, 0.29) is 33.9 Å². The highest BCUT2D eigenvalue weighted by atomic mass is 16.1. The van der Waals surface area contributed by atoms with E-state index in [4.69, 9.17) is 0 Å². The van der Waals surface area contributed by atoms with Crippen LogP contribution in [0.2, 0.25) is 0 Å². The highest BCUT2D eigenvalue weighted by Gasteiger charge is 2.58. The maximum absolute atomic E-state index is 12.6. The van der Waals surface area contributed by atoms with Gasteiger partial charge in [0, 0.05) is 17.3 Å². The molecule has 0 bridgehead atoms. The summed E-state index contributed by atoms with van der Waals surface area (Å²) in [5.41, 5.74) is 0.489. The molecule has 0 heterocycles. The summed E-state index contributed by atoms with van der Waals surface area (Å²) in [6.07, 6.45) is 7.13. The van der Waals surface area contributed by atoms with Crippen molar-refractivity contribution in [2.45, 2.75) is 53.4 Å². The maximum atomic E-state index is 12.6. The van der Waals surface area contributed by atoms with Gasteiger partial charge in [0.25, 0.3) is 0 Å². The van der Waals surface area contributed by atoms with Crippen LogP contribution >= 0.6 is 0 Å². The number of fused-ring (bicyclic) bond motifs is 3. The number of hydrogen-bond acceptors (Lipinski definition) is 3. The lowest BCUT2D eigenvalue weighted by Crippen LogP contribution is -2.53. The first-order valence-electron chi connectivity index (χ1n) is 8.08. The molecule has 0 aliphatic heterocycles. The third-order valence-electron chi connectivity index (χ3n) is 6.43. The van der Waals surface area contributed by atoms with Crippen LogP contribution in [0.15, 0.2) is 23.3 Å². The highest BCUT2D eigenvalue weighted by molar-refractivity contribution is 6.04. The normalized spacial score (nSPS) is 40.0. The van der Waals surface area contributed by atoms with Crippen molar-refractivity contribution in [3.63, 3.8) is 0 Å². The summed E-state index contributed by atoms with van der Waals surface area (Å²) in [5.74, 6) is 0.273. The molecule has 3 atom stereocenters. The Labute approximate surface area is 132 Å². The Kier molecular flexibility index (Phi) is 3.05. The van der Waals surface area contributed by atoms with Crippen molar-refractivity contribution in [1.29, 1.82) is 5.26 Å². The van der Waals surface area contributed by atoms with E-state index in [2.05, 4.69) is 19.9 Å². The summed E-state index contributed by atoms with van der Waals surface area (Å²) in [6.45, 7) is 8.26. The van der Waals surface area contributed by atoms with Gasteiger partial charge in [-0.25, -0.2) is 0 Å². The van der Waals surface area contributed by atoms with Gasteiger partial charge in [0.15, 0.2) is 11.6 Å². The van der Waals surface area contributed by atoms with E-state index in [1.54, 1.807) is 0 Å². The second-order valence-corrected chi connectivity index (χ2v) is 8.18. The fourth-order valence-electron chi connectivity index (χ4n) is 5.20. The van der Waals surface area contributed by atoms with Crippen molar-refractivity contribution in [2.24, 2.45) is 22.2 Å². The Hall–Kier alpha value is -1.69. The summed E-state index contributed by atoms with van der Waals surface area (Å²) >= 11 is 0. The molecule has 0 radical (unpaired) electrons. The van der Waals surface area contributed by atoms with Crippen LogP contribution in [-0.2, 0) is 9.59 Å². The lowest BCUT2D eigenvalue weighted by Gasteiger charge is -2.57. The van der Waals surface area contributed by atoms with Crippen molar-refractivity contribution in [2.75, 3.05) is 0 Å². The summed E-state index contributed by atoms with van der Waals surface area (Å²) < 4.78 is 0. The molecule has 0 saturated heterocycles. The monoisotopic (exact) mass is 297 g/mol. The van der Waals surface area contributed by atoms with E-state index < -0.39 is 5.41 Å². The zero-order valence-corrected chi connectivity index (χ0v) is 13.8. The van der Waals surface area contributed by atoms with Gasteiger partial charge in [0.05, 0.1) is 5.57 Å². The molecule has 3 aliphatic carbocycles. The average Bonchev–Trinajstić information content (AvgIpc) is 2.45. The third-order valence-corrected chi connectivity index (χ3v) is 6.43. The van der Waals surface area contributed by atoms with Crippen LogP contribution in [0.4, 0.5) is 0 Å². The van der Waals surface area contributed by atoms with Crippen LogP contribution in [0.5, 0.6) is 0 Å². The molecule has 3 rings (SSSR count). The molecular formula is C19H23NO2. The van der Waals surface area contributed by atoms with Crippen LogP contribution in [0.1, 0.15) is 53.4 Å². The molecule has 3 heteroatoms. The molecule has 3 aliphatic rings. The minimum Gasteiger partial charge on any atom is -0.295 e.